The molecule has 5 rings (SSSR count). The Balaban J connectivity index is 1.39. The zero-order valence-corrected chi connectivity index (χ0v) is 19.1. The van der Waals surface area contributed by atoms with E-state index in [-0.39, 0.29) is 5.91 Å². The molecule has 33 heavy (non-hydrogen) atoms. The Labute approximate surface area is 199 Å². The third kappa shape index (κ3) is 4.66. The number of nitrogens with zero attached hydrogens (tertiary/aromatic N) is 5. The molecule has 0 radical (unpaired) electrons. The average molecular weight is 482 g/mol. The standard InChI is InChI=1S/C23H20ClN5O3S/c24-18-9-5-4-8-17(18)21-26-27-23(29(21)16-6-2-1-3-7-16)33-15-20-25-19(14-32-20)22(30)28-10-12-31-13-11-28/h1-9,14H,10-13,15H2. The van der Waals surface area contributed by atoms with Crippen molar-refractivity contribution in [2.75, 3.05) is 26.3 Å². The first-order valence-corrected chi connectivity index (χ1v) is 11.8. The topological polar surface area (TPSA) is 86.3 Å². The van der Waals surface area contributed by atoms with E-state index in [4.69, 9.17) is 20.8 Å². The van der Waals surface area contributed by atoms with Gasteiger partial charge >= 0.3 is 0 Å². The number of aromatic nitrogens is 4. The summed E-state index contributed by atoms with van der Waals surface area (Å²) in [4.78, 5) is 18.7. The van der Waals surface area contributed by atoms with E-state index >= 15 is 0 Å². The smallest absolute Gasteiger partial charge is 0.275 e. The summed E-state index contributed by atoms with van der Waals surface area (Å²) in [5.74, 6) is 1.33. The number of benzene rings is 2. The Bertz CT molecular complexity index is 1250. The van der Waals surface area contributed by atoms with Crippen molar-refractivity contribution in [1.29, 1.82) is 0 Å². The molecule has 0 atom stereocenters. The number of rotatable bonds is 6. The molecule has 2 aromatic heterocycles. The fourth-order valence-electron chi connectivity index (χ4n) is 3.52. The van der Waals surface area contributed by atoms with Crippen LogP contribution in [0.5, 0.6) is 0 Å². The van der Waals surface area contributed by atoms with Gasteiger partial charge in [-0.05, 0) is 24.3 Å². The fourth-order valence-corrected chi connectivity index (χ4v) is 4.55. The molecule has 0 spiro atoms. The normalized spacial score (nSPS) is 13.9. The summed E-state index contributed by atoms with van der Waals surface area (Å²) in [5.41, 5.74) is 2.00. The number of thioether (sulfide) groups is 1. The van der Waals surface area contributed by atoms with E-state index in [1.54, 1.807) is 4.90 Å². The Morgan fingerprint density at radius 1 is 1.03 bits per heavy atom. The Hall–Kier alpha value is -3.14. The maximum absolute atomic E-state index is 12.6. The minimum Gasteiger partial charge on any atom is -0.447 e. The van der Waals surface area contributed by atoms with E-state index in [9.17, 15) is 4.79 Å². The van der Waals surface area contributed by atoms with Crippen LogP contribution in [0.1, 0.15) is 16.4 Å². The van der Waals surface area contributed by atoms with Crippen molar-refractivity contribution in [2.45, 2.75) is 10.9 Å². The van der Waals surface area contributed by atoms with Crippen molar-refractivity contribution >= 4 is 29.3 Å². The number of carbonyl (C=O) groups is 1. The Morgan fingerprint density at radius 2 is 1.79 bits per heavy atom. The first-order valence-electron chi connectivity index (χ1n) is 10.4. The van der Waals surface area contributed by atoms with Gasteiger partial charge in [-0.15, -0.1) is 10.2 Å². The third-order valence-electron chi connectivity index (χ3n) is 5.16. The first-order chi connectivity index (χ1) is 16.2. The van der Waals surface area contributed by atoms with Crippen LogP contribution in [-0.2, 0) is 10.5 Å². The van der Waals surface area contributed by atoms with Crippen LogP contribution < -0.4 is 0 Å². The van der Waals surface area contributed by atoms with E-state index in [0.717, 1.165) is 11.3 Å². The molecule has 8 nitrogen and oxygen atoms in total. The molecule has 4 aromatic rings. The van der Waals surface area contributed by atoms with Crippen LogP contribution >= 0.6 is 23.4 Å². The predicted octanol–water partition coefficient (Wildman–Crippen LogP) is 4.34. The van der Waals surface area contributed by atoms with Gasteiger partial charge in [0.25, 0.3) is 5.91 Å². The quantitative estimate of drug-likeness (QED) is 0.378. The van der Waals surface area contributed by atoms with E-state index in [1.165, 1.54) is 18.0 Å². The molecule has 1 amide bonds. The SMILES string of the molecule is O=C(c1coc(CSc2nnc(-c3ccccc3Cl)n2-c2ccccc2)n1)N1CCOCC1. The van der Waals surface area contributed by atoms with E-state index in [2.05, 4.69) is 15.2 Å². The molecule has 0 saturated carbocycles. The number of hydrogen-bond donors (Lipinski definition) is 0. The van der Waals surface area contributed by atoms with Gasteiger partial charge < -0.3 is 14.1 Å². The summed E-state index contributed by atoms with van der Waals surface area (Å²) in [6, 6.07) is 17.4. The molecule has 0 bridgehead atoms. The summed E-state index contributed by atoms with van der Waals surface area (Å²) in [6.07, 6.45) is 1.41. The van der Waals surface area contributed by atoms with E-state index in [0.29, 0.717) is 59.6 Å². The number of halogens is 1. The van der Waals surface area contributed by atoms with Crippen molar-refractivity contribution in [3.63, 3.8) is 0 Å². The maximum atomic E-state index is 12.6. The number of amides is 1. The van der Waals surface area contributed by atoms with E-state index in [1.807, 2.05) is 59.2 Å². The van der Waals surface area contributed by atoms with Gasteiger partial charge in [0.05, 0.1) is 24.0 Å². The molecular weight excluding hydrogens is 462 g/mol. The predicted molar refractivity (Wildman–Crippen MR) is 125 cm³/mol. The molecule has 0 unspecified atom stereocenters. The molecule has 3 heterocycles. The summed E-state index contributed by atoms with van der Waals surface area (Å²) in [5, 5.41) is 10.1. The minimum absolute atomic E-state index is 0.147. The van der Waals surface area contributed by atoms with Crippen LogP contribution in [-0.4, -0.2) is 56.9 Å². The van der Waals surface area contributed by atoms with Gasteiger partial charge in [-0.2, -0.15) is 0 Å². The second-order valence-corrected chi connectivity index (χ2v) is 8.63. The second-order valence-electron chi connectivity index (χ2n) is 7.28. The van der Waals surface area contributed by atoms with Crippen LogP contribution in [0, 0.1) is 0 Å². The molecule has 0 aliphatic carbocycles. The van der Waals surface area contributed by atoms with E-state index < -0.39 is 0 Å². The average Bonchev–Trinajstić information content (AvgIpc) is 3.51. The molecule has 0 N–H and O–H groups in total. The highest BCUT2D eigenvalue weighted by Gasteiger charge is 2.23. The highest BCUT2D eigenvalue weighted by molar-refractivity contribution is 7.98. The molecule has 1 saturated heterocycles. The zero-order valence-electron chi connectivity index (χ0n) is 17.6. The fraction of sp³-hybridized carbons (Fsp3) is 0.217. The van der Waals surface area contributed by atoms with Crippen LogP contribution in [0.25, 0.3) is 17.1 Å². The molecule has 168 valence electrons. The van der Waals surface area contributed by atoms with Crippen LogP contribution in [0.15, 0.2) is 70.4 Å². The third-order valence-corrected chi connectivity index (χ3v) is 6.40. The number of ether oxygens (including phenoxy) is 1. The van der Waals surface area contributed by atoms with Gasteiger partial charge in [-0.25, -0.2) is 4.98 Å². The molecular formula is C23H20ClN5O3S. The Morgan fingerprint density at radius 3 is 2.58 bits per heavy atom. The molecule has 1 aliphatic heterocycles. The number of morpholine rings is 1. The summed E-state index contributed by atoms with van der Waals surface area (Å²) in [7, 11) is 0. The highest BCUT2D eigenvalue weighted by Crippen LogP contribution is 2.32. The molecule has 2 aromatic carbocycles. The number of oxazole rings is 1. The number of hydrogen-bond acceptors (Lipinski definition) is 7. The van der Waals surface area contributed by atoms with Crippen LogP contribution in [0.2, 0.25) is 5.02 Å². The van der Waals surface area contributed by atoms with Gasteiger partial charge in [0, 0.05) is 24.3 Å². The van der Waals surface area contributed by atoms with Crippen molar-refractivity contribution in [1.82, 2.24) is 24.6 Å². The monoisotopic (exact) mass is 481 g/mol. The lowest BCUT2D eigenvalue weighted by Gasteiger charge is -2.25. The largest absolute Gasteiger partial charge is 0.447 e. The van der Waals surface area contributed by atoms with Crippen molar-refractivity contribution < 1.29 is 13.9 Å². The Kier molecular flexibility index (Phi) is 6.43. The molecule has 10 heteroatoms. The van der Waals surface area contributed by atoms with Gasteiger partial charge in [-0.1, -0.05) is 53.7 Å². The minimum atomic E-state index is -0.147. The highest BCUT2D eigenvalue weighted by atomic mass is 35.5. The lowest BCUT2D eigenvalue weighted by atomic mass is 10.2. The van der Waals surface area contributed by atoms with Gasteiger partial charge in [0.2, 0.25) is 5.89 Å². The van der Waals surface area contributed by atoms with Crippen LogP contribution in [0.4, 0.5) is 0 Å². The van der Waals surface area contributed by atoms with Crippen molar-refractivity contribution in [2.24, 2.45) is 0 Å². The van der Waals surface area contributed by atoms with Gasteiger partial charge in [0.1, 0.15) is 6.26 Å². The summed E-state index contributed by atoms with van der Waals surface area (Å²) < 4.78 is 12.8. The zero-order chi connectivity index (χ0) is 22.6. The second kappa shape index (κ2) is 9.78. The van der Waals surface area contributed by atoms with Gasteiger partial charge in [-0.3, -0.25) is 9.36 Å². The van der Waals surface area contributed by atoms with Crippen molar-refractivity contribution in [3.05, 3.63) is 77.5 Å². The van der Waals surface area contributed by atoms with Crippen LogP contribution in [0.3, 0.4) is 0 Å². The molecule has 1 fully saturated rings. The first kappa shape index (κ1) is 21.7. The summed E-state index contributed by atoms with van der Waals surface area (Å²) in [6.45, 7) is 2.19. The molecule has 1 aliphatic rings. The lowest BCUT2D eigenvalue weighted by Crippen LogP contribution is -2.40. The summed E-state index contributed by atoms with van der Waals surface area (Å²) >= 11 is 7.86. The number of carbonyl (C=O) groups excluding carboxylic acids is 1. The maximum Gasteiger partial charge on any atom is 0.275 e. The number of para-hydroxylation sites is 1. The van der Waals surface area contributed by atoms with Gasteiger partial charge in [0.15, 0.2) is 16.7 Å². The lowest BCUT2D eigenvalue weighted by molar-refractivity contribution is 0.0299. The van der Waals surface area contributed by atoms with Crippen molar-refractivity contribution in [3.8, 4) is 17.1 Å².